The Bertz CT molecular complexity index is 700. The van der Waals surface area contributed by atoms with Crippen molar-refractivity contribution in [3.05, 3.63) is 0 Å². The number of nitrogens with zero attached hydrogens (tertiary/aromatic N) is 1. The average Bonchev–Trinajstić information content (AvgIpc) is 2.71. The van der Waals surface area contributed by atoms with Crippen molar-refractivity contribution in [1.82, 2.24) is 16.0 Å². The van der Waals surface area contributed by atoms with Crippen molar-refractivity contribution in [2.45, 2.75) is 70.3 Å². The maximum absolute atomic E-state index is 12.8. The van der Waals surface area contributed by atoms with Gasteiger partial charge < -0.3 is 43.4 Å². The largest absolute Gasteiger partial charge is 0.480 e. The second-order valence-electron chi connectivity index (χ2n) is 8.05. The Morgan fingerprint density at radius 3 is 2.00 bits per heavy atom. The molecule has 33 heavy (non-hydrogen) atoms. The number of aliphatic hydroxyl groups is 1. The molecule has 0 bridgehead atoms. The Morgan fingerprint density at radius 2 is 1.55 bits per heavy atom. The van der Waals surface area contributed by atoms with Crippen LogP contribution in [-0.2, 0) is 19.2 Å². The zero-order valence-corrected chi connectivity index (χ0v) is 20.0. The molecule has 13 nitrogen and oxygen atoms in total. The van der Waals surface area contributed by atoms with Crippen LogP contribution in [0.25, 0.3) is 0 Å². The third-order valence-electron chi connectivity index (χ3n) is 4.50. The summed E-state index contributed by atoms with van der Waals surface area (Å²) in [6.07, 6.45) is -0.372. The van der Waals surface area contributed by atoms with E-state index in [1.165, 1.54) is 6.92 Å². The third kappa shape index (κ3) is 12.3. The Kier molecular flexibility index (Phi) is 14.1. The highest BCUT2D eigenvalue weighted by molar-refractivity contribution is 7.80. The van der Waals surface area contributed by atoms with E-state index < -0.39 is 54.0 Å². The number of nitrogens with one attached hydrogen (secondary N) is 3. The van der Waals surface area contributed by atoms with Gasteiger partial charge in [0, 0.05) is 12.3 Å². The van der Waals surface area contributed by atoms with E-state index in [-0.39, 0.29) is 30.5 Å². The maximum atomic E-state index is 12.8. The first kappa shape index (κ1) is 30.4. The van der Waals surface area contributed by atoms with Gasteiger partial charge in [-0.3, -0.25) is 19.4 Å². The second kappa shape index (κ2) is 15.3. The van der Waals surface area contributed by atoms with E-state index in [1.807, 2.05) is 13.8 Å². The highest BCUT2D eigenvalue weighted by Crippen LogP contribution is 2.08. The number of hydrogen-bond donors (Lipinski definition) is 9. The molecule has 0 rings (SSSR count). The Hall–Kier alpha value is -2.58. The molecule has 0 unspecified atom stereocenters. The Balaban J connectivity index is 5.23. The number of nitrogens with two attached hydrogens (primary N) is 3. The summed E-state index contributed by atoms with van der Waals surface area (Å²) in [7, 11) is 0. The van der Waals surface area contributed by atoms with Gasteiger partial charge in [0.1, 0.15) is 18.1 Å². The number of aliphatic carboxylic acids is 1. The van der Waals surface area contributed by atoms with Crippen molar-refractivity contribution in [1.29, 1.82) is 0 Å². The van der Waals surface area contributed by atoms with Gasteiger partial charge in [-0.1, -0.05) is 13.8 Å². The molecule has 0 aromatic heterocycles. The molecule has 190 valence electrons. The van der Waals surface area contributed by atoms with Crippen molar-refractivity contribution < 1.29 is 29.4 Å². The molecule has 3 amide bonds. The highest BCUT2D eigenvalue weighted by atomic mass is 32.1. The van der Waals surface area contributed by atoms with E-state index in [0.717, 1.165) is 0 Å². The number of carboxylic acid groups (broad SMARTS) is 1. The molecule has 0 saturated heterocycles. The molecule has 0 radical (unpaired) electrons. The molecule has 0 aliphatic heterocycles. The van der Waals surface area contributed by atoms with Crippen molar-refractivity contribution in [3.8, 4) is 0 Å². The maximum Gasteiger partial charge on any atom is 0.327 e. The normalized spacial score (nSPS) is 15.5. The van der Waals surface area contributed by atoms with E-state index in [0.29, 0.717) is 13.0 Å². The number of carboxylic acids is 1. The summed E-state index contributed by atoms with van der Waals surface area (Å²) >= 11 is 3.86. The number of carbonyl (C=O) groups is 4. The lowest BCUT2D eigenvalue weighted by Gasteiger charge is -2.27. The van der Waals surface area contributed by atoms with Crippen LogP contribution < -0.4 is 33.2 Å². The van der Waals surface area contributed by atoms with Crippen LogP contribution in [0.1, 0.15) is 40.0 Å². The van der Waals surface area contributed by atoms with Crippen LogP contribution in [-0.4, -0.2) is 82.4 Å². The number of guanidine groups is 1. The van der Waals surface area contributed by atoms with E-state index in [1.54, 1.807) is 0 Å². The highest BCUT2D eigenvalue weighted by Gasteiger charge is 2.32. The van der Waals surface area contributed by atoms with E-state index in [9.17, 15) is 24.3 Å². The summed E-state index contributed by atoms with van der Waals surface area (Å²) in [5.41, 5.74) is 16.4. The molecule has 0 aliphatic carbocycles. The summed E-state index contributed by atoms with van der Waals surface area (Å²) in [4.78, 5) is 52.7. The van der Waals surface area contributed by atoms with Gasteiger partial charge >= 0.3 is 5.97 Å². The summed E-state index contributed by atoms with van der Waals surface area (Å²) in [6.45, 7) is 5.24. The fourth-order valence-electron chi connectivity index (χ4n) is 2.74. The third-order valence-corrected chi connectivity index (χ3v) is 4.87. The molecule has 5 atom stereocenters. The molecule has 0 aliphatic rings. The zero-order chi connectivity index (χ0) is 25.7. The fraction of sp³-hybridized carbons (Fsp3) is 0.737. The van der Waals surface area contributed by atoms with Crippen molar-refractivity contribution >= 4 is 42.3 Å². The topological polar surface area (TPSA) is 235 Å². The molecule has 0 aromatic rings. The molecule has 0 spiro atoms. The lowest BCUT2D eigenvalue weighted by molar-refractivity contribution is -0.142. The van der Waals surface area contributed by atoms with E-state index in [2.05, 4.69) is 33.6 Å². The quantitative estimate of drug-likeness (QED) is 0.0499. The molecule has 0 fully saturated rings. The van der Waals surface area contributed by atoms with Gasteiger partial charge in [-0.05, 0) is 32.1 Å². The van der Waals surface area contributed by atoms with Crippen LogP contribution in [0.4, 0.5) is 0 Å². The minimum absolute atomic E-state index is 0.00135. The van der Waals surface area contributed by atoms with Gasteiger partial charge in [-0.2, -0.15) is 12.6 Å². The molecule has 11 N–H and O–H groups in total. The van der Waals surface area contributed by atoms with Crippen LogP contribution in [0.2, 0.25) is 0 Å². The molecule has 14 heteroatoms. The summed E-state index contributed by atoms with van der Waals surface area (Å²) in [6, 6.07) is -4.69. The van der Waals surface area contributed by atoms with Crippen LogP contribution in [0.5, 0.6) is 0 Å². The van der Waals surface area contributed by atoms with E-state index >= 15 is 0 Å². The monoisotopic (exact) mass is 491 g/mol. The number of amides is 3. The number of aliphatic hydroxyl groups excluding tert-OH is 1. The molecular weight excluding hydrogens is 454 g/mol. The minimum atomic E-state index is -1.45. The Morgan fingerprint density at radius 1 is 0.970 bits per heavy atom. The summed E-state index contributed by atoms with van der Waals surface area (Å²) in [5, 5.41) is 26.2. The van der Waals surface area contributed by atoms with Crippen LogP contribution in [0.3, 0.4) is 0 Å². The first-order valence-corrected chi connectivity index (χ1v) is 11.2. The van der Waals surface area contributed by atoms with Gasteiger partial charge in [0.05, 0.1) is 12.1 Å². The van der Waals surface area contributed by atoms with Crippen molar-refractivity contribution in [3.63, 3.8) is 0 Å². The fourth-order valence-corrected chi connectivity index (χ4v) is 2.99. The second-order valence-corrected chi connectivity index (χ2v) is 8.42. The average molecular weight is 492 g/mol. The SMILES string of the molecule is CC(C)C[C@H](NC(=O)[C@@H](N)CCCN=C(N)N)C(=O)N[C@H](C(=O)N[C@@H](CS)C(=O)O)[C@@H](C)O. The van der Waals surface area contributed by atoms with Gasteiger partial charge in [0.2, 0.25) is 17.7 Å². The standard InChI is InChI=1S/C19H37N7O6S/c1-9(2)7-12(24-15(28)11(20)5-4-6-23-19(21)22)16(29)26-14(10(3)27)17(30)25-13(8-33)18(31)32/h9-14,27,33H,4-8,20H2,1-3H3,(H,24,28)(H,25,30)(H,26,29)(H,31,32)(H4,21,22,23)/t10-,11+,12+,13+,14+/m1/s1. The number of hydrogen-bond acceptors (Lipinski definition) is 8. The van der Waals surface area contributed by atoms with Crippen LogP contribution in [0, 0.1) is 5.92 Å². The molecule has 0 saturated carbocycles. The van der Waals surface area contributed by atoms with E-state index in [4.69, 9.17) is 22.3 Å². The predicted molar refractivity (Wildman–Crippen MR) is 126 cm³/mol. The number of thiol groups is 1. The first-order valence-electron chi connectivity index (χ1n) is 10.5. The van der Waals surface area contributed by atoms with Crippen molar-refractivity contribution in [2.24, 2.45) is 28.1 Å². The van der Waals surface area contributed by atoms with Gasteiger partial charge in [-0.25, -0.2) is 4.79 Å². The summed E-state index contributed by atoms with van der Waals surface area (Å²) < 4.78 is 0. The van der Waals surface area contributed by atoms with Gasteiger partial charge in [0.25, 0.3) is 0 Å². The molecular formula is C19H37N7O6S. The smallest absolute Gasteiger partial charge is 0.327 e. The molecule has 0 heterocycles. The van der Waals surface area contributed by atoms with Gasteiger partial charge in [0.15, 0.2) is 5.96 Å². The zero-order valence-electron chi connectivity index (χ0n) is 19.2. The lowest BCUT2D eigenvalue weighted by atomic mass is 10.0. The first-order chi connectivity index (χ1) is 15.3. The predicted octanol–water partition coefficient (Wildman–Crippen LogP) is -2.74. The summed E-state index contributed by atoms with van der Waals surface area (Å²) in [5.74, 6) is -3.75. The minimum Gasteiger partial charge on any atom is -0.480 e. The van der Waals surface area contributed by atoms with Crippen LogP contribution in [0.15, 0.2) is 4.99 Å². The lowest BCUT2D eigenvalue weighted by Crippen LogP contribution is -2.60. The van der Waals surface area contributed by atoms with Gasteiger partial charge in [-0.15, -0.1) is 0 Å². The van der Waals surface area contributed by atoms with Crippen molar-refractivity contribution in [2.75, 3.05) is 12.3 Å². The van der Waals surface area contributed by atoms with Crippen LogP contribution >= 0.6 is 12.6 Å². The Labute approximate surface area is 198 Å². The molecule has 0 aromatic carbocycles. The number of rotatable bonds is 15. The number of carbonyl (C=O) groups excluding carboxylic acids is 3. The number of aliphatic imine (C=N–C) groups is 1.